The number of aryl methyl sites for hydroxylation is 1. The van der Waals surface area contributed by atoms with Crippen molar-refractivity contribution in [2.75, 3.05) is 17.2 Å². The van der Waals surface area contributed by atoms with Crippen LogP contribution < -0.4 is 17.2 Å². The number of rotatable bonds is 0. The molecule has 62 valence electrons. The van der Waals surface area contributed by atoms with Gasteiger partial charge < -0.3 is 17.2 Å². The fourth-order valence-electron chi connectivity index (χ4n) is 0.762. The summed E-state index contributed by atoms with van der Waals surface area (Å²) in [5.41, 5.74) is 19.2. The molecular weight excluding hydrogens is 162 g/mol. The molecule has 0 amide bonds. The van der Waals surface area contributed by atoms with E-state index >= 15 is 0 Å². The van der Waals surface area contributed by atoms with E-state index in [4.69, 9.17) is 17.2 Å². The average Bonchev–Trinajstić information content (AvgIpc) is 1.93. The summed E-state index contributed by atoms with van der Waals surface area (Å²) in [6, 6.07) is 3.60. The number of nitrogens with two attached hydrogens (primary N) is 3. The Morgan fingerprint density at radius 1 is 1.00 bits per heavy atom. The number of hydrogen-bond donors (Lipinski definition) is 3. The van der Waals surface area contributed by atoms with Gasteiger partial charge in [0.2, 0.25) is 0 Å². The van der Waals surface area contributed by atoms with Crippen molar-refractivity contribution >= 4 is 29.5 Å². The normalized spacial score (nSPS) is 8.82. The third-order valence-corrected chi connectivity index (χ3v) is 1.54. The fraction of sp³-hybridized carbons (Fsp3) is 0.143. The molecule has 6 N–H and O–H groups in total. The molecule has 1 aromatic carbocycles. The lowest BCUT2D eigenvalue weighted by molar-refractivity contribution is 1.47. The Hall–Kier alpha value is -1.09. The van der Waals surface area contributed by atoms with Crippen LogP contribution in [0.2, 0.25) is 0 Å². The molecule has 0 aliphatic heterocycles. The lowest BCUT2D eigenvalue weighted by Gasteiger charge is -2.05. The quantitative estimate of drug-likeness (QED) is 0.516. The molecule has 1 rings (SSSR count). The zero-order chi connectivity index (χ0) is 7.72. The highest BCUT2D eigenvalue weighted by atomic mass is 35.5. The first-order valence-electron chi connectivity index (χ1n) is 3.03. The maximum atomic E-state index is 5.58. The third-order valence-electron chi connectivity index (χ3n) is 1.54. The molecule has 0 unspecified atom stereocenters. The van der Waals surface area contributed by atoms with Crippen LogP contribution in [0.15, 0.2) is 12.1 Å². The molecule has 3 nitrogen and oxygen atoms in total. The minimum absolute atomic E-state index is 0. The molecule has 0 bridgehead atoms. The monoisotopic (exact) mass is 173 g/mol. The van der Waals surface area contributed by atoms with Crippen LogP contribution in [-0.2, 0) is 0 Å². The smallest absolute Gasteiger partial charge is 0.0784 e. The van der Waals surface area contributed by atoms with E-state index in [2.05, 4.69) is 0 Å². The number of anilines is 3. The maximum absolute atomic E-state index is 5.58. The van der Waals surface area contributed by atoms with Gasteiger partial charge in [-0.15, -0.1) is 12.4 Å². The molecule has 0 saturated heterocycles. The van der Waals surface area contributed by atoms with Gasteiger partial charge in [-0.05, 0) is 18.6 Å². The van der Waals surface area contributed by atoms with Gasteiger partial charge >= 0.3 is 0 Å². The molecule has 0 atom stereocenters. The molecule has 1 aromatic rings. The summed E-state index contributed by atoms with van der Waals surface area (Å²) in [6.45, 7) is 1.89. The lowest BCUT2D eigenvalue weighted by Crippen LogP contribution is -2.01. The highest BCUT2D eigenvalue weighted by molar-refractivity contribution is 5.85. The molecule has 0 aliphatic rings. The van der Waals surface area contributed by atoms with Gasteiger partial charge in [0.25, 0.3) is 0 Å². The van der Waals surface area contributed by atoms with Gasteiger partial charge in [0.1, 0.15) is 0 Å². The topological polar surface area (TPSA) is 78.1 Å². The van der Waals surface area contributed by atoms with Crippen LogP contribution in [0.1, 0.15) is 5.56 Å². The summed E-state index contributed by atoms with van der Waals surface area (Å²) in [6.07, 6.45) is 0. The Labute approximate surface area is 72.0 Å². The van der Waals surface area contributed by atoms with Crippen molar-refractivity contribution < 1.29 is 0 Å². The van der Waals surface area contributed by atoms with Crippen molar-refractivity contribution in [2.24, 2.45) is 0 Å². The van der Waals surface area contributed by atoms with Gasteiger partial charge in [0.15, 0.2) is 0 Å². The maximum Gasteiger partial charge on any atom is 0.0784 e. The number of benzene rings is 1. The average molecular weight is 174 g/mol. The molecule has 0 saturated carbocycles. The summed E-state index contributed by atoms with van der Waals surface area (Å²) in [5, 5.41) is 0. The largest absolute Gasteiger partial charge is 0.397 e. The molecule has 4 heteroatoms. The minimum atomic E-state index is 0. The Morgan fingerprint density at radius 2 is 1.55 bits per heavy atom. The third kappa shape index (κ3) is 1.68. The van der Waals surface area contributed by atoms with Crippen molar-refractivity contribution in [3.8, 4) is 0 Å². The molecular formula is C7H12ClN3. The van der Waals surface area contributed by atoms with E-state index < -0.39 is 0 Å². The first kappa shape index (κ1) is 9.91. The van der Waals surface area contributed by atoms with Crippen LogP contribution in [0.3, 0.4) is 0 Å². The van der Waals surface area contributed by atoms with Crippen molar-refractivity contribution in [3.63, 3.8) is 0 Å². The number of nitrogen functional groups attached to an aromatic ring is 3. The predicted molar refractivity (Wildman–Crippen MR) is 51.7 cm³/mol. The zero-order valence-corrected chi connectivity index (χ0v) is 7.11. The van der Waals surface area contributed by atoms with Crippen molar-refractivity contribution in [1.82, 2.24) is 0 Å². The minimum Gasteiger partial charge on any atom is -0.397 e. The van der Waals surface area contributed by atoms with Crippen LogP contribution in [0, 0.1) is 6.92 Å². The van der Waals surface area contributed by atoms with Crippen LogP contribution in [0.25, 0.3) is 0 Å². The summed E-state index contributed by atoms with van der Waals surface area (Å²) in [4.78, 5) is 0. The molecule has 11 heavy (non-hydrogen) atoms. The van der Waals surface area contributed by atoms with Gasteiger partial charge in [0.05, 0.1) is 17.1 Å². The Bertz CT molecular complexity index is 233. The first-order chi connectivity index (χ1) is 4.63. The van der Waals surface area contributed by atoms with E-state index in [0.717, 1.165) is 5.56 Å². The molecule has 0 heterocycles. The van der Waals surface area contributed by atoms with E-state index in [1.807, 2.05) is 13.0 Å². The molecule has 0 fully saturated rings. The van der Waals surface area contributed by atoms with E-state index in [-0.39, 0.29) is 12.4 Å². The Morgan fingerprint density at radius 3 is 2.00 bits per heavy atom. The first-order valence-corrected chi connectivity index (χ1v) is 3.03. The lowest BCUT2D eigenvalue weighted by atomic mass is 10.1. The number of halogens is 1. The predicted octanol–water partition coefficient (Wildman–Crippen LogP) is 1.16. The Balaban J connectivity index is 0.000001000. The van der Waals surface area contributed by atoms with Gasteiger partial charge in [0, 0.05) is 0 Å². The van der Waals surface area contributed by atoms with Crippen molar-refractivity contribution in [3.05, 3.63) is 17.7 Å². The van der Waals surface area contributed by atoms with Crippen LogP contribution in [-0.4, -0.2) is 0 Å². The second-order valence-corrected chi connectivity index (χ2v) is 2.30. The van der Waals surface area contributed by atoms with E-state index in [9.17, 15) is 0 Å². The van der Waals surface area contributed by atoms with Crippen molar-refractivity contribution in [1.29, 1.82) is 0 Å². The molecule has 0 spiro atoms. The molecule has 0 aromatic heterocycles. The van der Waals surface area contributed by atoms with Crippen LogP contribution in [0.4, 0.5) is 17.1 Å². The van der Waals surface area contributed by atoms with Crippen LogP contribution >= 0.6 is 12.4 Å². The number of hydrogen-bond acceptors (Lipinski definition) is 3. The summed E-state index contributed by atoms with van der Waals surface area (Å²) in [7, 11) is 0. The molecule has 0 aliphatic carbocycles. The van der Waals surface area contributed by atoms with Crippen molar-refractivity contribution in [2.45, 2.75) is 6.92 Å². The second-order valence-electron chi connectivity index (χ2n) is 2.30. The zero-order valence-electron chi connectivity index (χ0n) is 6.29. The fourth-order valence-corrected chi connectivity index (χ4v) is 0.762. The van der Waals surface area contributed by atoms with E-state index in [1.54, 1.807) is 6.07 Å². The summed E-state index contributed by atoms with van der Waals surface area (Å²) in [5.74, 6) is 0. The molecule has 0 radical (unpaired) electrons. The summed E-state index contributed by atoms with van der Waals surface area (Å²) >= 11 is 0. The standard InChI is InChI=1S/C7H11N3.ClH/c1-4-2-3-5(8)7(10)6(4)9;/h2-3H,8-10H2,1H3;1H. The highest BCUT2D eigenvalue weighted by Gasteiger charge is 2.00. The van der Waals surface area contributed by atoms with Crippen LogP contribution in [0.5, 0.6) is 0 Å². The second kappa shape index (κ2) is 3.34. The van der Waals surface area contributed by atoms with Gasteiger partial charge in [-0.3, -0.25) is 0 Å². The SMILES string of the molecule is Cc1ccc(N)c(N)c1N.Cl. The van der Waals surface area contributed by atoms with Gasteiger partial charge in [-0.1, -0.05) is 6.07 Å². The highest BCUT2D eigenvalue weighted by Crippen LogP contribution is 2.24. The van der Waals surface area contributed by atoms with Gasteiger partial charge in [-0.25, -0.2) is 0 Å². The van der Waals surface area contributed by atoms with E-state index in [0.29, 0.717) is 17.1 Å². The van der Waals surface area contributed by atoms with E-state index in [1.165, 1.54) is 0 Å². The Kier molecular flexibility index (Phi) is 3.01. The van der Waals surface area contributed by atoms with Gasteiger partial charge in [-0.2, -0.15) is 0 Å². The summed E-state index contributed by atoms with van der Waals surface area (Å²) < 4.78 is 0.